The first kappa shape index (κ1) is 15.5. The third-order valence-corrected chi connectivity index (χ3v) is 3.82. The van der Waals surface area contributed by atoms with Crippen LogP contribution >= 0.6 is 15.9 Å². The van der Waals surface area contributed by atoms with Crippen LogP contribution in [0.1, 0.15) is 39.7 Å². The molecule has 1 rings (SSSR count). The summed E-state index contributed by atoms with van der Waals surface area (Å²) < 4.78 is 1.13. The number of hydrogen-bond donors (Lipinski definition) is 1. The number of benzene rings is 1. The van der Waals surface area contributed by atoms with Crippen LogP contribution in [-0.4, -0.2) is 18.6 Å². The highest BCUT2D eigenvalue weighted by atomic mass is 79.9. The van der Waals surface area contributed by atoms with Crippen molar-refractivity contribution >= 4 is 21.6 Å². The van der Waals surface area contributed by atoms with Gasteiger partial charge in [-0.25, -0.2) is 0 Å². The van der Waals surface area contributed by atoms with E-state index >= 15 is 0 Å². The van der Waals surface area contributed by atoms with Crippen LogP contribution in [0.5, 0.6) is 0 Å². The first-order valence-electron chi connectivity index (χ1n) is 6.80. The van der Waals surface area contributed by atoms with Crippen molar-refractivity contribution in [3.8, 4) is 0 Å². The number of halogens is 1. The van der Waals surface area contributed by atoms with E-state index in [1.54, 1.807) is 0 Å². The standard InChI is InChI=1S/C15H25BrN2/c1-5-14(17)9-12-7-8-13(16)10-15(12)18(6-2)11(3)4/h7-8,10-11,14H,5-6,9,17H2,1-4H3. The molecule has 0 aliphatic carbocycles. The third kappa shape index (κ3) is 3.99. The molecule has 0 bridgehead atoms. The molecule has 1 aromatic carbocycles. The summed E-state index contributed by atoms with van der Waals surface area (Å²) in [6.07, 6.45) is 1.96. The summed E-state index contributed by atoms with van der Waals surface area (Å²) in [5, 5.41) is 0. The Bertz CT molecular complexity index is 377. The molecule has 1 atom stereocenters. The molecule has 0 saturated carbocycles. The molecule has 102 valence electrons. The Labute approximate surface area is 120 Å². The summed E-state index contributed by atoms with van der Waals surface area (Å²) >= 11 is 3.57. The van der Waals surface area contributed by atoms with E-state index in [4.69, 9.17) is 5.73 Å². The van der Waals surface area contributed by atoms with E-state index in [1.807, 2.05) is 0 Å². The van der Waals surface area contributed by atoms with Gasteiger partial charge in [0.25, 0.3) is 0 Å². The molecule has 3 heteroatoms. The highest BCUT2D eigenvalue weighted by molar-refractivity contribution is 9.10. The fourth-order valence-corrected chi connectivity index (χ4v) is 2.57. The average molecular weight is 313 g/mol. The Kier molecular flexibility index (Phi) is 6.16. The molecule has 2 nitrogen and oxygen atoms in total. The molecule has 0 fully saturated rings. The van der Waals surface area contributed by atoms with Gasteiger partial charge in [0, 0.05) is 28.8 Å². The molecule has 0 aliphatic rings. The maximum Gasteiger partial charge on any atom is 0.0412 e. The first-order chi connectivity index (χ1) is 8.49. The molecule has 0 radical (unpaired) electrons. The van der Waals surface area contributed by atoms with E-state index in [2.05, 4.69) is 66.7 Å². The molecular formula is C15H25BrN2. The summed E-state index contributed by atoms with van der Waals surface area (Å²) in [5.74, 6) is 0. The van der Waals surface area contributed by atoms with Crippen LogP contribution in [0.15, 0.2) is 22.7 Å². The van der Waals surface area contributed by atoms with Crippen molar-refractivity contribution in [2.24, 2.45) is 5.73 Å². The number of hydrogen-bond acceptors (Lipinski definition) is 2. The molecule has 0 spiro atoms. The van der Waals surface area contributed by atoms with Crippen molar-refractivity contribution in [2.75, 3.05) is 11.4 Å². The molecule has 1 aromatic rings. The fourth-order valence-electron chi connectivity index (χ4n) is 2.22. The second-order valence-electron chi connectivity index (χ2n) is 5.03. The van der Waals surface area contributed by atoms with Gasteiger partial charge in [-0.05, 0) is 51.3 Å². The topological polar surface area (TPSA) is 29.3 Å². The summed E-state index contributed by atoms with van der Waals surface area (Å²) in [4.78, 5) is 2.42. The first-order valence-corrected chi connectivity index (χ1v) is 7.59. The van der Waals surface area contributed by atoms with Gasteiger partial charge >= 0.3 is 0 Å². The lowest BCUT2D eigenvalue weighted by Crippen LogP contribution is -2.32. The largest absolute Gasteiger partial charge is 0.369 e. The highest BCUT2D eigenvalue weighted by Gasteiger charge is 2.14. The van der Waals surface area contributed by atoms with Crippen molar-refractivity contribution in [1.82, 2.24) is 0 Å². The van der Waals surface area contributed by atoms with Crippen molar-refractivity contribution in [1.29, 1.82) is 0 Å². The molecular weight excluding hydrogens is 288 g/mol. The molecule has 0 amide bonds. The normalized spacial score (nSPS) is 12.8. The number of rotatable bonds is 6. The molecule has 0 heterocycles. The third-order valence-electron chi connectivity index (χ3n) is 3.33. The van der Waals surface area contributed by atoms with Crippen molar-refractivity contribution in [3.63, 3.8) is 0 Å². The van der Waals surface area contributed by atoms with Gasteiger partial charge < -0.3 is 10.6 Å². The van der Waals surface area contributed by atoms with Crippen LogP contribution in [0.25, 0.3) is 0 Å². The fraction of sp³-hybridized carbons (Fsp3) is 0.600. The Morgan fingerprint density at radius 1 is 1.28 bits per heavy atom. The van der Waals surface area contributed by atoms with E-state index in [1.165, 1.54) is 11.3 Å². The van der Waals surface area contributed by atoms with Gasteiger partial charge in [0.05, 0.1) is 0 Å². The number of anilines is 1. The Morgan fingerprint density at radius 2 is 1.94 bits per heavy atom. The van der Waals surface area contributed by atoms with Gasteiger partial charge in [-0.3, -0.25) is 0 Å². The van der Waals surface area contributed by atoms with Crippen molar-refractivity contribution in [2.45, 2.75) is 52.6 Å². The minimum absolute atomic E-state index is 0.246. The van der Waals surface area contributed by atoms with Gasteiger partial charge in [0.1, 0.15) is 0 Å². The van der Waals surface area contributed by atoms with Crippen LogP contribution in [0, 0.1) is 0 Å². The van der Waals surface area contributed by atoms with E-state index in [-0.39, 0.29) is 6.04 Å². The van der Waals surface area contributed by atoms with Gasteiger partial charge in [0.15, 0.2) is 0 Å². The highest BCUT2D eigenvalue weighted by Crippen LogP contribution is 2.27. The van der Waals surface area contributed by atoms with Gasteiger partial charge in [-0.15, -0.1) is 0 Å². The zero-order chi connectivity index (χ0) is 13.7. The zero-order valence-electron chi connectivity index (χ0n) is 11.9. The maximum absolute atomic E-state index is 6.10. The minimum atomic E-state index is 0.246. The zero-order valence-corrected chi connectivity index (χ0v) is 13.5. The Morgan fingerprint density at radius 3 is 2.44 bits per heavy atom. The van der Waals surface area contributed by atoms with Crippen LogP contribution < -0.4 is 10.6 Å². The summed E-state index contributed by atoms with van der Waals surface area (Å²) in [7, 11) is 0. The SMILES string of the molecule is CCC(N)Cc1ccc(Br)cc1N(CC)C(C)C. The van der Waals surface area contributed by atoms with Crippen LogP contribution in [-0.2, 0) is 6.42 Å². The number of nitrogens with two attached hydrogens (primary N) is 1. The lowest BCUT2D eigenvalue weighted by atomic mass is 10.0. The monoisotopic (exact) mass is 312 g/mol. The lowest BCUT2D eigenvalue weighted by Gasteiger charge is -2.30. The molecule has 18 heavy (non-hydrogen) atoms. The van der Waals surface area contributed by atoms with Crippen LogP contribution in [0.2, 0.25) is 0 Å². The smallest absolute Gasteiger partial charge is 0.0412 e. The summed E-state index contributed by atoms with van der Waals surface area (Å²) in [5.41, 5.74) is 8.76. The van der Waals surface area contributed by atoms with Gasteiger partial charge in [0.2, 0.25) is 0 Å². The quantitative estimate of drug-likeness (QED) is 0.861. The maximum atomic E-state index is 6.10. The van der Waals surface area contributed by atoms with E-state index in [0.717, 1.165) is 23.9 Å². The van der Waals surface area contributed by atoms with Crippen molar-refractivity contribution in [3.05, 3.63) is 28.2 Å². The Hall–Kier alpha value is -0.540. The predicted molar refractivity (Wildman–Crippen MR) is 84.3 cm³/mol. The second-order valence-corrected chi connectivity index (χ2v) is 5.94. The summed E-state index contributed by atoms with van der Waals surface area (Å²) in [6.45, 7) is 9.82. The number of nitrogens with zero attached hydrogens (tertiary/aromatic N) is 1. The van der Waals surface area contributed by atoms with Crippen LogP contribution in [0.4, 0.5) is 5.69 Å². The Balaban J connectivity index is 3.09. The molecule has 2 N–H and O–H groups in total. The molecule has 0 saturated heterocycles. The molecule has 0 aliphatic heterocycles. The second kappa shape index (κ2) is 7.15. The van der Waals surface area contributed by atoms with Gasteiger partial charge in [-0.1, -0.05) is 28.9 Å². The average Bonchev–Trinajstić information content (AvgIpc) is 2.32. The van der Waals surface area contributed by atoms with E-state index in [0.29, 0.717) is 6.04 Å². The summed E-state index contributed by atoms with van der Waals surface area (Å²) in [6, 6.07) is 7.26. The molecule has 1 unspecified atom stereocenters. The van der Waals surface area contributed by atoms with Crippen LogP contribution in [0.3, 0.4) is 0 Å². The lowest BCUT2D eigenvalue weighted by molar-refractivity contribution is 0.638. The van der Waals surface area contributed by atoms with Crippen molar-refractivity contribution < 1.29 is 0 Å². The minimum Gasteiger partial charge on any atom is -0.369 e. The van der Waals surface area contributed by atoms with Gasteiger partial charge in [-0.2, -0.15) is 0 Å². The molecule has 0 aromatic heterocycles. The van der Waals surface area contributed by atoms with E-state index in [9.17, 15) is 0 Å². The van der Waals surface area contributed by atoms with E-state index < -0.39 is 0 Å². The predicted octanol–water partition coefficient (Wildman–Crippen LogP) is 3.96.